The summed E-state index contributed by atoms with van der Waals surface area (Å²) in [5.74, 6) is -0.189. The van der Waals surface area contributed by atoms with Crippen LogP contribution in [0.15, 0.2) is 12.7 Å². The number of aromatic nitrogens is 4. The Labute approximate surface area is 121 Å². The normalized spacial score (nSPS) is 31.4. The molecule has 2 N–H and O–H groups in total. The molecule has 2 fully saturated rings. The molecule has 4 heterocycles. The lowest BCUT2D eigenvalue weighted by Crippen LogP contribution is -2.37. The number of hydrogen-bond donors (Lipinski definition) is 1. The number of fused-ring (bicyclic) bond motifs is 2. The first-order chi connectivity index (χ1) is 10.0. The molecule has 2 aliphatic rings. The number of nitrogens with two attached hydrogens (primary N) is 1. The van der Waals surface area contributed by atoms with Crippen LogP contribution in [0, 0.1) is 0 Å². The molecule has 0 bridgehead atoms. The minimum absolute atomic E-state index is 0.00961. The van der Waals surface area contributed by atoms with E-state index in [1.54, 1.807) is 6.33 Å². The summed E-state index contributed by atoms with van der Waals surface area (Å²) in [5, 5.41) is 0. The first-order valence-corrected chi connectivity index (χ1v) is 6.94. The first kappa shape index (κ1) is 12.9. The summed E-state index contributed by atoms with van der Waals surface area (Å²) in [5.41, 5.74) is 7.07. The molecule has 4 rings (SSSR count). The van der Waals surface area contributed by atoms with Gasteiger partial charge in [-0.3, -0.25) is 4.57 Å². The highest BCUT2D eigenvalue weighted by atomic mass is 16.8. The molecule has 112 valence electrons. The molecule has 2 aliphatic heterocycles. The number of nitrogens with zero attached hydrogens (tertiary/aromatic N) is 4. The molecule has 0 spiro atoms. The van der Waals surface area contributed by atoms with E-state index in [0.29, 0.717) is 30.0 Å². The van der Waals surface area contributed by atoms with Gasteiger partial charge in [-0.25, -0.2) is 15.0 Å². The topological polar surface area (TPSA) is 97.3 Å². The van der Waals surface area contributed by atoms with E-state index in [2.05, 4.69) is 15.0 Å². The second kappa shape index (κ2) is 4.36. The predicted molar refractivity (Wildman–Crippen MR) is 73.2 cm³/mol. The van der Waals surface area contributed by atoms with Crippen molar-refractivity contribution in [1.29, 1.82) is 0 Å². The minimum atomic E-state index is -0.558. The summed E-state index contributed by atoms with van der Waals surface area (Å²) < 4.78 is 19.5. The van der Waals surface area contributed by atoms with E-state index >= 15 is 0 Å². The largest absolute Gasteiger partial charge is 0.382 e. The zero-order chi connectivity index (χ0) is 14.6. The Morgan fingerprint density at radius 1 is 1.24 bits per heavy atom. The summed E-state index contributed by atoms with van der Waals surface area (Å²) in [7, 11) is 0. The average Bonchev–Trinajstić information content (AvgIpc) is 2.97. The van der Waals surface area contributed by atoms with Crippen molar-refractivity contribution in [2.45, 2.75) is 44.5 Å². The van der Waals surface area contributed by atoms with E-state index < -0.39 is 5.79 Å². The predicted octanol–water partition coefficient (Wildman–Crippen LogP) is 0.847. The number of anilines is 1. The van der Waals surface area contributed by atoms with Crippen molar-refractivity contribution >= 4 is 17.0 Å². The number of hydrogen-bond acceptors (Lipinski definition) is 7. The average molecular weight is 291 g/mol. The van der Waals surface area contributed by atoms with Gasteiger partial charge in [0.2, 0.25) is 0 Å². The fourth-order valence-corrected chi connectivity index (χ4v) is 3.00. The maximum Gasteiger partial charge on any atom is 0.167 e. The molecule has 0 radical (unpaired) electrons. The third kappa shape index (κ3) is 2.06. The van der Waals surface area contributed by atoms with Gasteiger partial charge in [-0.1, -0.05) is 0 Å². The van der Waals surface area contributed by atoms with Gasteiger partial charge in [-0.05, 0) is 13.8 Å². The van der Waals surface area contributed by atoms with Gasteiger partial charge < -0.3 is 19.9 Å². The van der Waals surface area contributed by atoms with Gasteiger partial charge in [0.25, 0.3) is 0 Å². The van der Waals surface area contributed by atoms with Crippen LogP contribution < -0.4 is 5.73 Å². The van der Waals surface area contributed by atoms with Crippen LogP contribution in [0.4, 0.5) is 5.82 Å². The third-order valence-electron chi connectivity index (χ3n) is 3.87. The van der Waals surface area contributed by atoms with Gasteiger partial charge in [-0.15, -0.1) is 0 Å². The maximum absolute atomic E-state index is 5.92. The van der Waals surface area contributed by atoms with E-state index in [4.69, 9.17) is 19.9 Å². The fourth-order valence-electron chi connectivity index (χ4n) is 3.00. The van der Waals surface area contributed by atoms with Crippen molar-refractivity contribution in [2.24, 2.45) is 0 Å². The van der Waals surface area contributed by atoms with Crippen molar-refractivity contribution in [2.75, 3.05) is 12.3 Å². The molecule has 21 heavy (non-hydrogen) atoms. The van der Waals surface area contributed by atoms with Crippen LogP contribution in [-0.2, 0) is 14.2 Å². The van der Waals surface area contributed by atoms with Crippen LogP contribution in [-0.4, -0.2) is 44.1 Å². The van der Waals surface area contributed by atoms with Crippen molar-refractivity contribution in [3.8, 4) is 0 Å². The lowest BCUT2D eigenvalue weighted by molar-refractivity contribution is -0.146. The van der Waals surface area contributed by atoms with Crippen molar-refractivity contribution in [3.63, 3.8) is 0 Å². The Balaban J connectivity index is 1.64. The quantitative estimate of drug-likeness (QED) is 0.831. The lowest BCUT2D eigenvalue weighted by atomic mass is 10.1. The molecule has 2 aromatic heterocycles. The summed E-state index contributed by atoms with van der Waals surface area (Å²) in [4.78, 5) is 12.5. The highest BCUT2D eigenvalue weighted by Crippen LogP contribution is 2.37. The maximum atomic E-state index is 5.92. The minimum Gasteiger partial charge on any atom is -0.382 e. The summed E-state index contributed by atoms with van der Waals surface area (Å²) in [6, 6.07) is 0. The standard InChI is InChI=1S/C13H17N5O3/c1-13(2)20-7-3-9(19-4-8(7)21-13)18-6-17-10-11(14)15-5-16-12(10)18/h5-9H,3-4H2,1-2H3,(H2,14,15,16). The molecule has 8 heteroatoms. The second-order valence-electron chi connectivity index (χ2n) is 5.82. The monoisotopic (exact) mass is 291 g/mol. The number of nitrogen functional groups attached to an aromatic ring is 1. The molecule has 3 atom stereocenters. The Morgan fingerprint density at radius 2 is 2.05 bits per heavy atom. The van der Waals surface area contributed by atoms with Gasteiger partial charge in [-0.2, -0.15) is 0 Å². The summed E-state index contributed by atoms with van der Waals surface area (Å²) in [6.45, 7) is 4.32. The molecular formula is C13H17N5O3. The number of rotatable bonds is 1. The van der Waals surface area contributed by atoms with Gasteiger partial charge in [0.15, 0.2) is 17.3 Å². The molecule has 3 unspecified atom stereocenters. The molecule has 0 aromatic carbocycles. The molecule has 2 aromatic rings. The highest BCUT2D eigenvalue weighted by molar-refractivity contribution is 5.81. The summed E-state index contributed by atoms with van der Waals surface area (Å²) in [6.07, 6.45) is 3.59. The van der Waals surface area contributed by atoms with Gasteiger partial charge >= 0.3 is 0 Å². The van der Waals surface area contributed by atoms with Crippen LogP contribution in [0.2, 0.25) is 0 Å². The molecule has 0 saturated carbocycles. The van der Waals surface area contributed by atoms with Crippen molar-refractivity contribution in [3.05, 3.63) is 12.7 Å². The van der Waals surface area contributed by atoms with Crippen LogP contribution in [0.25, 0.3) is 11.2 Å². The molecular weight excluding hydrogens is 274 g/mol. The zero-order valence-corrected chi connectivity index (χ0v) is 11.9. The Bertz CT molecular complexity index is 685. The van der Waals surface area contributed by atoms with Crippen LogP contribution >= 0.6 is 0 Å². The lowest BCUT2D eigenvalue weighted by Gasteiger charge is -2.30. The Morgan fingerprint density at radius 3 is 2.90 bits per heavy atom. The van der Waals surface area contributed by atoms with Gasteiger partial charge in [0.1, 0.15) is 24.2 Å². The van der Waals surface area contributed by atoms with Crippen LogP contribution in [0.1, 0.15) is 26.5 Å². The molecule has 8 nitrogen and oxygen atoms in total. The smallest absolute Gasteiger partial charge is 0.167 e. The fraction of sp³-hybridized carbons (Fsp3) is 0.615. The molecule has 0 aliphatic carbocycles. The number of imidazole rings is 1. The summed E-state index contributed by atoms with van der Waals surface area (Å²) >= 11 is 0. The Hall–Kier alpha value is -1.77. The third-order valence-corrected chi connectivity index (χ3v) is 3.87. The molecule has 0 amide bonds. The van der Waals surface area contributed by atoms with E-state index in [1.165, 1.54) is 6.33 Å². The first-order valence-electron chi connectivity index (χ1n) is 6.94. The van der Waals surface area contributed by atoms with Crippen molar-refractivity contribution in [1.82, 2.24) is 19.5 Å². The second-order valence-corrected chi connectivity index (χ2v) is 5.82. The van der Waals surface area contributed by atoms with E-state index in [-0.39, 0.29) is 18.4 Å². The van der Waals surface area contributed by atoms with Crippen LogP contribution in [0.5, 0.6) is 0 Å². The zero-order valence-electron chi connectivity index (χ0n) is 11.9. The van der Waals surface area contributed by atoms with Gasteiger partial charge in [0, 0.05) is 6.42 Å². The van der Waals surface area contributed by atoms with Crippen molar-refractivity contribution < 1.29 is 14.2 Å². The van der Waals surface area contributed by atoms with Gasteiger partial charge in [0.05, 0.1) is 19.0 Å². The number of ether oxygens (including phenoxy) is 3. The van der Waals surface area contributed by atoms with E-state index in [9.17, 15) is 0 Å². The van der Waals surface area contributed by atoms with E-state index in [0.717, 1.165) is 0 Å². The highest BCUT2D eigenvalue weighted by Gasteiger charge is 2.45. The Kier molecular flexibility index (Phi) is 2.69. The van der Waals surface area contributed by atoms with Crippen LogP contribution in [0.3, 0.4) is 0 Å². The van der Waals surface area contributed by atoms with E-state index in [1.807, 2.05) is 18.4 Å². The molecule has 2 saturated heterocycles. The SMILES string of the molecule is CC1(C)OC2COC(n3cnc4c(N)ncnc43)CC2O1.